The maximum absolute atomic E-state index is 13.0. The lowest BCUT2D eigenvalue weighted by Crippen LogP contribution is -2.22. The quantitative estimate of drug-likeness (QED) is 0.675. The highest BCUT2D eigenvalue weighted by atomic mass is 32.2. The van der Waals surface area contributed by atoms with Crippen LogP contribution in [0, 0.1) is 0 Å². The molecule has 2 aliphatic rings. The number of anilines is 1. The van der Waals surface area contributed by atoms with Gasteiger partial charge in [0.05, 0.1) is 36.8 Å². The third kappa shape index (κ3) is 3.71. The number of phenolic OH excluding ortho intramolecular Hbond substituents is 1. The topological polar surface area (TPSA) is 106 Å². The first-order chi connectivity index (χ1) is 14.0. The molecule has 0 spiro atoms. The van der Waals surface area contributed by atoms with Crippen LogP contribution >= 0.6 is 23.5 Å². The van der Waals surface area contributed by atoms with E-state index in [1.165, 1.54) is 26.0 Å². The summed E-state index contributed by atoms with van der Waals surface area (Å²) in [6.45, 7) is 0. The normalized spacial score (nSPS) is 19.9. The summed E-state index contributed by atoms with van der Waals surface area (Å²) in [5, 5.41) is 15.7. The summed E-state index contributed by atoms with van der Waals surface area (Å²) in [6.07, 6.45) is 1.88. The number of rotatable bonds is 4. The molecular formula is C19H23N3O5S2. The molecule has 2 aromatic rings. The van der Waals surface area contributed by atoms with Gasteiger partial charge in [-0.05, 0) is 42.0 Å². The van der Waals surface area contributed by atoms with Crippen molar-refractivity contribution in [2.75, 3.05) is 36.8 Å². The van der Waals surface area contributed by atoms with Gasteiger partial charge in [0.1, 0.15) is 5.82 Å². The van der Waals surface area contributed by atoms with Crippen molar-refractivity contribution in [1.29, 1.82) is 0 Å². The van der Waals surface area contributed by atoms with Gasteiger partial charge in [-0.3, -0.25) is 19.4 Å². The van der Waals surface area contributed by atoms with Crippen LogP contribution in [-0.4, -0.2) is 52.3 Å². The van der Waals surface area contributed by atoms with Crippen LogP contribution in [0.3, 0.4) is 0 Å². The van der Waals surface area contributed by atoms with E-state index < -0.39 is 5.25 Å². The summed E-state index contributed by atoms with van der Waals surface area (Å²) in [7, 11) is 2.92. The molecule has 0 unspecified atom stereocenters. The Kier molecular flexibility index (Phi) is 5.73. The number of aromatic nitrogens is 2. The molecule has 1 amide bonds. The number of carbonyl (C=O) groups excluding carboxylic acids is 1. The Labute approximate surface area is 176 Å². The Morgan fingerprint density at radius 1 is 1.14 bits per heavy atom. The van der Waals surface area contributed by atoms with Crippen LogP contribution in [0.4, 0.5) is 5.82 Å². The number of fused-ring (bicyclic) bond motifs is 1. The van der Waals surface area contributed by atoms with Crippen molar-refractivity contribution in [2.24, 2.45) is 0 Å². The molecule has 29 heavy (non-hydrogen) atoms. The lowest BCUT2D eigenvalue weighted by atomic mass is 10.0. The van der Waals surface area contributed by atoms with E-state index in [4.69, 9.17) is 9.47 Å². The van der Waals surface area contributed by atoms with Crippen molar-refractivity contribution in [2.45, 2.75) is 24.1 Å². The number of benzene rings is 1. The Bertz CT molecular complexity index is 956. The Hall–Kier alpha value is -2.20. The number of nitrogens with zero attached hydrogens (tertiary/aromatic N) is 1. The number of methoxy groups -OCH3 is 2. The van der Waals surface area contributed by atoms with Gasteiger partial charge in [0.25, 0.3) is 5.56 Å². The van der Waals surface area contributed by atoms with E-state index in [9.17, 15) is 14.7 Å². The van der Waals surface area contributed by atoms with Crippen molar-refractivity contribution < 1.29 is 19.4 Å². The smallest absolute Gasteiger partial charge is 0.270 e. The first kappa shape index (κ1) is 20.1. The molecule has 3 N–H and O–H groups in total. The summed E-state index contributed by atoms with van der Waals surface area (Å²) in [5.41, 5.74) is 1.01. The van der Waals surface area contributed by atoms with E-state index in [1.54, 1.807) is 12.1 Å². The van der Waals surface area contributed by atoms with Gasteiger partial charge in [-0.2, -0.15) is 11.8 Å². The van der Waals surface area contributed by atoms with Crippen molar-refractivity contribution in [1.82, 2.24) is 9.78 Å². The Morgan fingerprint density at radius 3 is 2.41 bits per heavy atom. The first-order valence-electron chi connectivity index (χ1n) is 9.32. The summed E-state index contributed by atoms with van der Waals surface area (Å²) >= 11 is 3.26. The molecule has 0 bridgehead atoms. The van der Waals surface area contributed by atoms with Gasteiger partial charge in [-0.15, -0.1) is 11.8 Å². The van der Waals surface area contributed by atoms with Gasteiger partial charge < -0.3 is 19.9 Å². The Balaban J connectivity index is 1.84. The van der Waals surface area contributed by atoms with E-state index in [2.05, 4.69) is 10.4 Å². The lowest BCUT2D eigenvalue weighted by Gasteiger charge is -2.24. The third-order valence-corrected chi connectivity index (χ3v) is 7.54. The predicted octanol–water partition coefficient (Wildman–Crippen LogP) is 2.74. The van der Waals surface area contributed by atoms with Gasteiger partial charge in [0, 0.05) is 0 Å². The monoisotopic (exact) mass is 437 g/mol. The molecule has 0 radical (unpaired) electrons. The molecule has 10 heteroatoms. The second-order valence-electron chi connectivity index (χ2n) is 6.93. The fourth-order valence-corrected chi connectivity index (χ4v) is 5.98. The lowest BCUT2D eigenvalue weighted by molar-refractivity contribution is -0.113. The van der Waals surface area contributed by atoms with E-state index in [-0.39, 0.29) is 40.5 Å². The SMILES string of the molecule is COc1cc([C@H]2SCC(=O)Nc3c2c(=O)[nH]n3C2CCSCC2)cc(OC)c1O. The number of H-pyrrole nitrogens is 1. The van der Waals surface area contributed by atoms with Crippen molar-refractivity contribution >= 4 is 35.2 Å². The average molecular weight is 438 g/mol. The number of amides is 1. The van der Waals surface area contributed by atoms with Gasteiger partial charge in [-0.25, -0.2) is 0 Å². The fraction of sp³-hybridized carbons (Fsp3) is 0.474. The summed E-state index contributed by atoms with van der Waals surface area (Å²) in [4.78, 5) is 25.4. The fourth-order valence-electron chi connectivity index (χ4n) is 3.79. The summed E-state index contributed by atoms with van der Waals surface area (Å²) in [5.74, 6) is 3.07. The standard InChI is InChI=1S/C19H23N3O5S2/c1-26-12-7-10(8-13(27-2)16(12)24)17-15-18(20-14(23)9-29-17)22(21-19(15)25)11-3-5-28-6-4-11/h7-8,11,17,24H,3-6,9H2,1-2H3,(H,20,23)(H,21,25)/t17-/m1/s1. The number of phenols is 1. The zero-order chi connectivity index (χ0) is 20.5. The molecular weight excluding hydrogens is 414 g/mol. The zero-order valence-electron chi connectivity index (χ0n) is 16.2. The molecule has 4 rings (SSSR count). The maximum atomic E-state index is 13.0. The molecule has 0 saturated carbocycles. The molecule has 1 fully saturated rings. The average Bonchev–Trinajstić information content (AvgIpc) is 2.94. The highest BCUT2D eigenvalue weighted by Crippen LogP contribution is 2.46. The van der Waals surface area contributed by atoms with E-state index >= 15 is 0 Å². The highest BCUT2D eigenvalue weighted by Gasteiger charge is 2.33. The van der Waals surface area contributed by atoms with Crippen LogP contribution in [0.1, 0.15) is 35.3 Å². The predicted molar refractivity (Wildman–Crippen MR) is 115 cm³/mol. The first-order valence-corrected chi connectivity index (χ1v) is 11.5. The van der Waals surface area contributed by atoms with Crippen LogP contribution in [0.25, 0.3) is 0 Å². The van der Waals surface area contributed by atoms with Crippen molar-refractivity contribution in [3.8, 4) is 17.2 Å². The van der Waals surface area contributed by atoms with Gasteiger partial charge in [0.2, 0.25) is 11.7 Å². The zero-order valence-corrected chi connectivity index (χ0v) is 17.8. The second kappa shape index (κ2) is 8.27. The summed E-state index contributed by atoms with van der Waals surface area (Å²) in [6, 6.07) is 3.52. The Morgan fingerprint density at radius 2 is 1.79 bits per heavy atom. The van der Waals surface area contributed by atoms with Crippen molar-refractivity contribution in [3.05, 3.63) is 33.6 Å². The number of aromatic hydroxyl groups is 1. The second-order valence-corrected chi connectivity index (χ2v) is 9.25. The minimum atomic E-state index is -0.407. The van der Waals surface area contributed by atoms with Crippen LogP contribution in [-0.2, 0) is 4.79 Å². The number of ether oxygens (including phenoxy) is 2. The molecule has 0 aliphatic carbocycles. The number of nitrogens with one attached hydrogen (secondary N) is 2. The molecule has 3 heterocycles. The molecule has 1 saturated heterocycles. The summed E-state index contributed by atoms with van der Waals surface area (Å²) < 4.78 is 12.4. The number of thioether (sulfide) groups is 2. The molecule has 8 nitrogen and oxygen atoms in total. The van der Waals surface area contributed by atoms with Crippen LogP contribution < -0.4 is 20.3 Å². The molecule has 2 aliphatic heterocycles. The largest absolute Gasteiger partial charge is 0.502 e. The number of hydrogen-bond acceptors (Lipinski definition) is 7. The highest BCUT2D eigenvalue weighted by molar-refractivity contribution is 8.00. The molecule has 156 valence electrons. The van der Waals surface area contributed by atoms with Crippen LogP contribution in [0.2, 0.25) is 0 Å². The van der Waals surface area contributed by atoms with Crippen LogP contribution in [0.15, 0.2) is 16.9 Å². The third-order valence-electron chi connectivity index (χ3n) is 5.22. The van der Waals surface area contributed by atoms with E-state index in [1.807, 2.05) is 16.4 Å². The molecule has 1 aromatic carbocycles. The molecule has 1 aromatic heterocycles. The van der Waals surface area contributed by atoms with Crippen molar-refractivity contribution in [3.63, 3.8) is 0 Å². The molecule has 1 atom stereocenters. The number of hydrogen-bond donors (Lipinski definition) is 3. The van der Waals surface area contributed by atoms with Gasteiger partial charge in [-0.1, -0.05) is 0 Å². The van der Waals surface area contributed by atoms with Gasteiger partial charge in [0.15, 0.2) is 11.5 Å². The maximum Gasteiger partial charge on any atom is 0.270 e. The van der Waals surface area contributed by atoms with Gasteiger partial charge >= 0.3 is 0 Å². The van der Waals surface area contributed by atoms with E-state index in [0.29, 0.717) is 11.4 Å². The number of carbonyl (C=O) groups is 1. The van der Waals surface area contributed by atoms with Crippen LogP contribution in [0.5, 0.6) is 17.2 Å². The minimum Gasteiger partial charge on any atom is -0.502 e. The number of aromatic amines is 1. The minimum absolute atomic E-state index is 0.0991. The van der Waals surface area contributed by atoms with E-state index in [0.717, 1.165) is 29.9 Å².